The van der Waals surface area contributed by atoms with Crippen LogP contribution in [0.1, 0.15) is 48.0 Å². The topological polar surface area (TPSA) is 88.1 Å². The molecule has 0 aromatic rings. The molecule has 7 nitrogen and oxygen atoms in total. The minimum Gasteiger partial charge on any atom is -0.465 e. The Bertz CT molecular complexity index is 496. The maximum Gasteiger partial charge on any atom is 0.407 e. The second kappa shape index (κ2) is 7.53. The Morgan fingerprint density at radius 2 is 1.68 bits per heavy atom. The number of ether oxygens (including phenoxy) is 1. The van der Waals surface area contributed by atoms with Crippen LogP contribution in [0.2, 0.25) is 18.1 Å². The maximum atomic E-state index is 12.0. The number of carboxylic acid groups (broad SMARTS) is 1. The molecule has 0 saturated carbocycles. The first-order chi connectivity index (χ1) is 11.1. The minimum absolute atomic E-state index is 0.0343. The van der Waals surface area contributed by atoms with Crippen molar-refractivity contribution in [2.24, 2.45) is 0 Å². The SMILES string of the molecule is CC(C)(C)OC(=O)N[C@H]1C[C@@H](O[Si](C)(C)C(C)(C)C)CN(C(=O)O)C1. The van der Waals surface area contributed by atoms with E-state index in [9.17, 15) is 14.7 Å². The molecule has 0 unspecified atom stereocenters. The normalized spacial score (nSPS) is 22.5. The van der Waals surface area contributed by atoms with Crippen LogP contribution in [0.25, 0.3) is 0 Å². The molecule has 0 aliphatic carbocycles. The van der Waals surface area contributed by atoms with Crippen molar-refractivity contribution in [3.05, 3.63) is 0 Å². The predicted octanol–water partition coefficient (Wildman–Crippen LogP) is 3.65. The molecule has 2 N–H and O–H groups in total. The molecule has 25 heavy (non-hydrogen) atoms. The van der Waals surface area contributed by atoms with E-state index in [1.54, 1.807) is 20.8 Å². The number of hydrogen-bond acceptors (Lipinski definition) is 4. The molecule has 1 aliphatic heterocycles. The van der Waals surface area contributed by atoms with Gasteiger partial charge < -0.3 is 24.5 Å². The van der Waals surface area contributed by atoms with Gasteiger partial charge in [0.25, 0.3) is 0 Å². The Labute approximate surface area is 152 Å². The molecule has 146 valence electrons. The van der Waals surface area contributed by atoms with E-state index >= 15 is 0 Å². The molecular weight excluding hydrogens is 340 g/mol. The standard InChI is InChI=1S/C17H34N2O5Si/c1-16(2,3)23-14(20)18-12-9-13(11-19(10-12)15(21)22)24-25(7,8)17(4,5)6/h12-13H,9-11H2,1-8H3,(H,18,20)(H,21,22)/t12-,13+/m0/s1. The first-order valence-electron chi connectivity index (χ1n) is 8.76. The summed E-state index contributed by atoms with van der Waals surface area (Å²) in [6.07, 6.45) is -1.18. The largest absolute Gasteiger partial charge is 0.465 e. The summed E-state index contributed by atoms with van der Waals surface area (Å²) in [5.41, 5.74) is -0.595. The van der Waals surface area contributed by atoms with E-state index in [1.165, 1.54) is 4.90 Å². The average molecular weight is 375 g/mol. The number of alkyl carbamates (subject to hydrolysis) is 1. The first-order valence-corrected chi connectivity index (χ1v) is 11.7. The van der Waals surface area contributed by atoms with E-state index in [0.29, 0.717) is 13.0 Å². The van der Waals surface area contributed by atoms with Gasteiger partial charge in [0, 0.05) is 13.1 Å². The molecule has 0 spiro atoms. The predicted molar refractivity (Wildman–Crippen MR) is 99.4 cm³/mol. The molecule has 1 aliphatic rings. The Balaban J connectivity index is 2.81. The van der Waals surface area contributed by atoms with Crippen LogP contribution >= 0.6 is 0 Å². The third-order valence-electron chi connectivity index (χ3n) is 4.67. The van der Waals surface area contributed by atoms with Crippen LogP contribution in [0.3, 0.4) is 0 Å². The van der Waals surface area contributed by atoms with E-state index in [4.69, 9.17) is 9.16 Å². The first kappa shape index (κ1) is 21.8. The highest BCUT2D eigenvalue weighted by molar-refractivity contribution is 6.74. The molecule has 0 aromatic carbocycles. The van der Waals surface area contributed by atoms with Crippen molar-refractivity contribution in [3.8, 4) is 0 Å². The summed E-state index contributed by atoms with van der Waals surface area (Å²) >= 11 is 0. The number of carbonyl (C=O) groups excluding carboxylic acids is 1. The van der Waals surface area contributed by atoms with Gasteiger partial charge in [-0.25, -0.2) is 9.59 Å². The second-order valence-electron chi connectivity index (χ2n) is 9.27. The Kier molecular flexibility index (Phi) is 6.55. The van der Waals surface area contributed by atoms with Crippen molar-refractivity contribution in [2.45, 2.75) is 83.8 Å². The van der Waals surface area contributed by atoms with Gasteiger partial charge in [-0.15, -0.1) is 0 Å². The van der Waals surface area contributed by atoms with Crippen LogP contribution in [0.5, 0.6) is 0 Å². The lowest BCUT2D eigenvalue weighted by Gasteiger charge is -2.43. The van der Waals surface area contributed by atoms with Crippen molar-refractivity contribution in [1.82, 2.24) is 10.2 Å². The fourth-order valence-electron chi connectivity index (χ4n) is 2.47. The van der Waals surface area contributed by atoms with Gasteiger partial charge in [0.15, 0.2) is 8.32 Å². The van der Waals surface area contributed by atoms with Crippen LogP contribution in [0, 0.1) is 0 Å². The van der Waals surface area contributed by atoms with Gasteiger partial charge >= 0.3 is 12.2 Å². The van der Waals surface area contributed by atoms with Gasteiger partial charge in [0.05, 0.1) is 12.1 Å². The molecule has 0 aromatic heterocycles. The number of rotatable bonds is 3. The van der Waals surface area contributed by atoms with Crippen molar-refractivity contribution in [1.29, 1.82) is 0 Å². The Morgan fingerprint density at radius 1 is 1.12 bits per heavy atom. The molecule has 1 heterocycles. The zero-order valence-corrected chi connectivity index (χ0v) is 17.8. The molecule has 1 rings (SSSR count). The Morgan fingerprint density at radius 3 is 2.12 bits per heavy atom. The number of nitrogens with zero attached hydrogens (tertiary/aromatic N) is 1. The molecule has 8 heteroatoms. The van der Waals surface area contributed by atoms with E-state index in [2.05, 4.69) is 39.2 Å². The van der Waals surface area contributed by atoms with Crippen molar-refractivity contribution < 1.29 is 23.9 Å². The fourth-order valence-corrected chi connectivity index (χ4v) is 3.82. The summed E-state index contributed by atoms with van der Waals surface area (Å²) in [7, 11) is -2.03. The van der Waals surface area contributed by atoms with Gasteiger partial charge in [-0.3, -0.25) is 0 Å². The van der Waals surface area contributed by atoms with Crippen molar-refractivity contribution >= 4 is 20.5 Å². The summed E-state index contributed by atoms with van der Waals surface area (Å²) in [4.78, 5) is 24.8. The molecular formula is C17H34N2O5Si. The monoisotopic (exact) mass is 374 g/mol. The van der Waals surface area contributed by atoms with Crippen LogP contribution in [0.15, 0.2) is 0 Å². The summed E-state index contributed by atoms with van der Waals surface area (Å²) in [5.74, 6) is 0. The Hall–Kier alpha value is -1.28. The quantitative estimate of drug-likeness (QED) is 0.736. The van der Waals surface area contributed by atoms with Crippen molar-refractivity contribution in [2.75, 3.05) is 13.1 Å². The summed E-state index contributed by atoms with van der Waals surface area (Å²) < 4.78 is 11.7. The third kappa shape index (κ3) is 6.85. The summed E-state index contributed by atoms with van der Waals surface area (Å²) in [5, 5.41) is 12.2. The number of piperidine rings is 1. The van der Waals surface area contributed by atoms with Gasteiger partial charge in [0.2, 0.25) is 0 Å². The van der Waals surface area contributed by atoms with Crippen LogP contribution < -0.4 is 5.32 Å². The second-order valence-corrected chi connectivity index (χ2v) is 14.0. The highest BCUT2D eigenvalue weighted by Crippen LogP contribution is 2.38. The summed E-state index contributed by atoms with van der Waals surface area (Å²) in [6.45, 7) is 16.7. The lowest BCUT2D eigenvalue weighted by Crippen LogP contribution is -2.57. The van der Waals surface area contributed by atoms with Crippen molar-refractivity contribution in [3.63, 3.8) is 0 Å². The van der Waals surface area contributed by atoms with Gasteiger partial charge in [-0.2, -0.15) is 0 Å². The van der Waals surface area contributed by atoms with Crippen LogP contribution in [-0.2, 0) is 9.16 Å². The molecule has 2 atom stereocenters. The van der Waals surface area contributed by atoms with Crippen LogP contribution in [-0.4, -0.2) is 61.3 Å². The zero-order chi connectivity index (χ0) is 19.6. The van der Waals surface area contributed by atoms with Crippen LogP contribution in [0.4, 0.5) is 9.59 Å². The van der Waals surface area contributed by atoms with E-state index in [-0.39, 0.29) is 23.7 Å². The van der Waals surface area contributed by atoms with Gasteiger partial charge in [0.1, 0.15) is 5.60 Å². The smallest absolute Gasteiger partial charge is 0.407 e. The number of carbonyl (C=O) groups is 2. The molecule has 1 saturated heterocycles. The number of hydrogen-bond donors (Lipinski definition) is 2. The van der Waals surface area contributed by atoms with E-state index in [1.807, 2.05) is 0 Å². The number of likely N-dealkylation sites (tertiary alicyclic amines) is 1. The van der Waals surface area contributed by atoms with E-state index < -0.39 is 26.1 Å². The fraction of sp³-hybridized carbons (Fsp3) is 0.882. The lowest BCUT2D eigenvalue weighted by atomic mass is 10.0. The molecule has 0 radical (unpaired) electrons. The molecule has 1 fully saturated rings. The lowest BCUT2D eigenvalue weighted by molar-refractivity contribution is 0.0341. The highest BCUT2D eigenvalue weighted by atomic mass is 28.4. The summed E-state index contributed by atoms with van der Waals surface area (Å²) in [6, 6.07) is -0.325. The van der Waals surface area contributed by atoms with E-state index in [0.717, 1.165) is 0 Å². The maximum absolute atomic E-state index is 12.0. The number of nitrogens with one attached hydrogen (secondary N) is 1. The zero-order valence-electron chi connectivity index (χ0n) is 16.8. The minimum atomic E-state index is -2.03. The highest BCUT2D eigenvalue weighted by Gasteiger charge is 2.42. The average Bonchev–Trinajstić information content (AvgIpc) is 2.33. The third-order valence-corrected chi connectivity index (χ3v) is 9.21. The molecule has 0 bridgehead atoms. The number of amides is 2. The molecule has 2 amide bonds. The van der Waals surface area contributed by atoms with Gasteiger partial charge in [-0.05, 0) is 45.3 Å². The van der Waals surface area contributed by atoms with Gasteiger partial charge in [-0.1, -0.05) is 20.8 Å².